The fourth-order valence-electron chi connectivity index (χ4n) is 3.60. The van der Waals surface area contributed by atoms with Gasteiger partial charge in [-0.25, -0.2) is 0 Å². The Hall–Kier alpha value is -3.40. The second-order valence-electron chi connectivity index (χ2n) is 8.06. The highest BCUT2D eigenvalue weighted by Gasteiger charge is 2.34. The van der Waals surface area contributed by atoms with E-state index >= 15 is 0 Å². The number of hydrogen-bond acceptors (Lipinski definition) is 6. The molecule has 0 bridgehead atoms. The van der Waals surface area contributed by atoms with E-state index in [9.17, 15) is 14.4 Å². The molecule has 0 saturated carbocycles. The van der Waals surface area contributed by atoms with E-state index in [1.807, 2.05) is 0 Å². The number of ether oxygens (including phenoxy) is 1. The number of carbonyl (C=O) groups excluding carboxylic acids is 3. The van der Waals surface area contributed by atoms with Gasteiger partial charge >= 0.3 is 0 Å². The van der Waals surface area contributed by atoms with Gasteiger partial charge < -0.3 is 14.1 Å². The summed E-state index contributed by atoms with van der Waals surface area (Å²) in [4.78, 5) is 38.9. The van der Waals surface area contributed by atoms with Crippen LogP contribution >= 0.6 is 12.2 Å². The fraction of sp³-hybridized carbons (Fsp3) is 0.417. The van der Waals surface area contributed by atoms with Gasteiger partial charge in [0, 0.05) is 13.0 Å². The number of nitrogens with zero attached hydrogens (tertiary/aromatic N) is 1. The largest absolute Gasteiger partial charge is 0.493 e. The van der Waals surface area contributed by atoms with Crippen molar-refractivity contribution < 1.29 is 23.5 Å². The third-order valence-electron chi connectivity index (χ3n) is 5.43. The van der Waals surface area contributed by atoms with Gasteiger partial charge in [0.25, 0.3) is 5.91 Å². The van der Waals surface area contributed by atoms with Gasteiger partial charge in [0.15, 0.2) is 5.11 Å². The third-order valence-corrected chi connectivity index (χ3v) is 5.63. The molecule has 1 aromatic heterocycles. The molecule has 0 aliphatic carbocycles. The molecule has 1 aliphatic heterocycles. The van der Waals surface area contributed by atoms with Crippen LogP contribution < -0.4 is 20.9 Å². The molecule has 3 amide bonds. The average Bonchev–Trinajstić information content (AvgIpc) is 3.47. The molecule has 1 unspecified atom stereocenters. The molecule has 1 aromatic carbocycles. The van der Waals surface area contributed by atoms with Crippen molar-refractivity contribution in [2.45, 2.75) is 45.6 Å². The number of para-hydroxylation sites is 1. The van der Waals surface area contributed by atoms with Crippen LogP contribution in [-0.4, -0.2) is 40.9 Å². The maximum absolute atomic E-state index is 12.7. The van der Waals surface area contributed by atoms with Crippen molar-refractivity contribution in [3.63, 3.8) is 0 Å². The van der Waals surface area contributed by atoms with E-state index in [0.717, 1.165) is 25.7 Å². The Labute approximate surface area is 204 Å². The Kier molecular flexibility index (Phi) is 9.45. The Morgan fingerprint density at radius 2 is 1.97 bits per heavy atom. The molecule has 2 aromatic rings. The maximum Gasteiger partial charge on any atom is 0.261 e. The zero-order valence-electron chi connectivity index (χ0n) is 19.2. The van der Waals surface area contributed by atoms with Gasteiger partial charge in [-0.2, -0.15) is 0 Å². The molecule has 10 heteroatoms. The summed E-state index contributed by atoms with van der Waals surface area (Å²) in [5.41, 5.74) is 5.35. The zero-order chi connectivity index (χ0) is 24.3. The summed E-state index contributed by atoms with van der Waals surface area (Å²) in [7, 11) is 0. The van der Waals surface area contributed by atoms with Crippen molar-refractivity contribution in [2.24, 2.45) is 5.92 Å². The summed E-state index contributed by atoms with van der Waals surface area (Å²) >= 11 is 5.14. The molecule has 1 aliphatic rings. The normalized spacial score (nSPS) is 15.1. The van der Waals surface area contributed by atoms with Crippen molar-refractivity contribution in [2.75, 3.05) is 13.2 Å². The Morgan fingerprint density at radius 1 is 1.15 bits per heavy atom. The van der Waals surface area contributed by atoms with Crippen LogP contribution in [0.3, 0.4) is 0 Å². The highest BCUT2D eigenvalue weighted by atomic mass is 32.1. The predicted molar refractivity (Wildman–Crippen MR) is 130 cm³/mol. The van der Waals surface area contributed by atoms with Crippen LogP contribution in [0.5, 0.6) is 5.75 Å². The van der Waals surface area contributed by atoms with Gasteiger partial charge in [-0.05, 0) is 42.9 Å². The summed E-state index contributed by atoms with van der Waals surface area (Å²) in [5.74, 6) is -0.362. The van der Waals surface area contributed by atoms with Crippen LogP contribution in [0.15, 0.2) is 47.1 Å². The minimum absolute atomic E-state index is 0.0622. The van der Waals surface area contributed by atoms with Crippen LogP contribution in [0.2, 0.25) is 0 Å². The lowest BCUT2D eigenvalue weighted by Gasteiger charge is -2.16. The fourth-order valence-corrected chi connectivity index (χ4v) is 3.75. The van der Waals surface area contributed by atoms with Gasteiger partial charge in [0.05, 0.1) is 30.9 Å². The second-order valence-corrected chi connectivity index (χ2v) is 8.47. The first-order valence-electron chi connectivity index (χ1n) is 11.4. The number of likely N-dealkylation sites (tertiary alicyclic amines) is 1. The number of hydrazine groups is 1. The Morgan fingerprint density at radius 3 is 2.74 bits per heavy atom. The van der Waals surface area contributed by atoms with Crippen molar-refractivity contribution in [1.82, 2.24) is 21.1 Å². The van der Waals surface area contributed by atoms with Gasteiger partial charge in [0.2, 0.25) is 11.8 Å². The minimum atomic E-state index is -0.532. The van der Waals surface area contributed by atoms with E-state index in [1.54, 1.807) is 41.3 Å². The predicted octanol–water partition coefficient (Wildman–Crippen LogP) is 2.92. The van der Waals surface area contributed by atoms with Crippen LogP contribution in [-0.2, 0) is 16.1 Å². The van der Waals surface area contributed by atoms with E-state index in [0.29, 0.717) is 30.2 Å². The Bertz CT molecular complexity index is 995. The second kappa shape index (κ2) is 12.7. The number of carbonyl (C=O) groups is 3. The van der Waals surface area contributed by atoms with E-state index in [-0.39, 0.29) is 29.9 Å². The summed E-state index contributed by atoms with van der Waals surface area (Å²) in [6.07, 6.45) is 5.91. The summed E-state index contributed by atoms with van der Waals surface area (Å²) in [6.45, 7) is 3.26. The van der Waals surface area contributed by atoms with Gasteiger partial charge in [0.1, 0.15) is 11.5 Å². The molecule has 182 valence electrons. The molecule has 3 N–H and O–H groups in total. The van der Waals surface area contributed by atoms with Crippen LogP contribution in [0.25, 0.3) is 0 Å². The molecular weight excluding hydrogens is 456 g/mol. The lowest BCUT2D eigenvalue weighted by molar-refractivity contribution is -0.129. The van der Waals surface area contributed by atoms with Crippen molar-refractivity contribution in [1.29, 1.82) is 0 Å². The SMILES string of the molecule is CCCCCCOc1ccccc1C(=O)NC(=S)NNC(=O)C1CC(=O)N(Cc2ccco2)C1. The van der Waals surface area contributed by atoms with Crippen molar-refractivity contribution in [3.8, 4) is 5.75 Å². The summed E-state index contributed by atoms with van der Waals surface area (Å²) in [6, 6.07) is 10.4. The van der Waals surface area contributed by atoms with E-state index < -0.39 is 11.8 Å². The molecule has 34 heavy (non-hydrogen) atoms. The van der Waals surface area contributed by atoms with Crippen LogP contribution in [0.1, 0.15) is 55.1 Å². The molecule has 1 atom stereocenters. The number of nitrogens with one attached hydrogen (secondary N) is 3. The summed E-state index contributed by atoms with van der Waals surface area (Å²) < 4.78 is 11.0. The van der Waals surface area contributed by atoms with Crippen LogP contribution in [0.4, 0.5) is 0 Å². The molecule has 0 spiro atoms. The van der Waals surface area contributed by atoms with E-state index in [1.165, 1.54) is 6.26 Å². The molecule has 1 saturated heterocycles. The first-order chi connectivity index (χ1) is 16.5. The highest BCUT2D eigenvalue weighted by molar-refractivity contribution is 7.80. The lowest BCUT2D eigenvalue weighted by Crippen LogP contribution is -2.50. The molecule has 0 radical (unpaired) electrons. The number of amides is 3. The van der Waals surface area contributed by atoms with E-state index in [4.69, 9.17) is 21.4 Å². The van der Waals surface area contributed by atoms with Crippen LogP contribution in [0, 0.1) is 5.92 Å². The number of unbranched alkanes of at least 4 members (excludes halogenated alkanes) is 3. The molecule has 2 heterocycles. The minimum Gasteiger partial charge on any atom is -0.493 e. The number of hydrogen-bond donors (Lipinski definition) is 3. The van der Waals surface area contributed by atoms with Gasteiger partial charge in [-0.1, -0.05) is 38.3 Å². The molecular formula is C24H30N4O5S. The lowest BCUT2D eigenvalue weighted by atomic mass is 10.1. The average molecular weight is 487 g/mol. The van der Waals surface area contributed by atoms with Gasteiger partial charge in [-0.15, -0.1) is 0 Å². The topological polar surface area (TPSA) is 113 Å². The highest BCUT2D eigenvalue weighted by Crippen LogP contribution is 2.21. The third kappa shape index (κ3) is 7.31. The van der Waals surface area contributed by atoms with E-state index in [2.05, 4.69) is 23.1 Å². The summed E-state index contributed by atoms with van der Waals surface area (Å²) in [5, 5.41) is 2.48. The first-order valence-corrected chi connectivity index (χ1v) is 11.8. The zero-order valence-corrected chi connectivity index (χ0v) is 20.0. The molecule has 1 fully saturated rings. The standard InChI is InChI=1S/C24H30N4O5S/c1-2-3-4-7-12-33-20-11-6-5-10-19(20)23(31)25-24(34)27-26-22(30)17-14-21(29)28(15-17)16-18-9-8-13-32-18/h5-6,8-11,13,17H,2-4,7,12,14-16H2,1H3,(H,26,30)(H2,25,27,31,34). The quantitative estimate of drug-likeness (QED) is 0.269. The molecule has 9 nitrogen and oxygen atoms in total. The number of thiocarbonyl (C=S) groups is 1. The first kappa shape index (κ1) is 25.2. The number of benzene rings is 1. The monoisotopic (exact) mass is 486 g/mol. The van der Waals surface area contributed by atoms with Gasteiger partial charge in [-0.3, -0.25) is 30.6 Å². The number of rotatable bonds is 10. The van der Waals surface area contributed by atoms with Crippen molar-refractivity contribution >= 4 is 35.1 Å². The smallest absolute Gasteiger partial charge is 0.261 e. The molecule has 3 rings (SSSR count). The maximum atomic E-state index is 12.7. The Balaban J connectivity index is 1.44. The van der Waals surface area contributed by atoms with Crippen molar-refractivity contribution in [3.05, 3.63) is 54.0 Å². The number of furan rings is 1.